The Bertz CT molecular complexity index is 890. The number of nitrogens with zero attached hydrogens (tertiary/aromatic N) is 1. The van der Waals surface area contributed by atoms with Gasteiger partial charge in [0.2, 0.25) is 5.91 Å². The highest BCUT2D eigenvalue weighted by Crippen LogP contribution is 2.32. The number of rotatable bonds is 6. The molecule has 1 aliphatic heterocycles. The lowest BCUT2D eigenvalue weighted by Crippen LogP contribution is -2.43. The van der Waals surface area contributed by atoms with Crippen molar-refractivity contribution in [2.45, 2.75) is 51.6 Å². The zero-order chi connectivity index (χ0) is 20.4. The molecule has 1 amide bonds. The maximum Gasteiger partial charge on any atom is 0.227 e. The highest BCUT2D eigenvalue weighted by Gasteiger charge is 2.36. The predicted molar refractivity (Wildman–Crippen MR) is 117 cm³/mol. The van der Waals surface area contributed by atoms with Crippen LogP contribution in [0.25, 0.3) is 0 Å². The lowest BCUT2D eigenvalue weighted by atomic mass is 9.96. The van der Waals surface area contributed by atoms with Crippen LogP contribution in [0.2, 0.25) is 0 Å². The van der Waals surface area contributed by atoms with Gasteiger partial charge in [0.15, 0.2) is 0 Å². The summed E-state index contributed by atoms with van der Waals surface area (Å²) in [4.78, 5) is 15.3. The lowest BCUT2D eigenvalue weighted by molar-refractivity contribution is -0.137. The Labute approximate surface area is 180 Å². The van der Waals surface area contributed by atoms with Gasteiger partial charge in [-0.25, -0.2) is 4.39 Å². The fraction of sp³-hybridized carbons (Fsp3) is 0.458. The van der Waals surface area contributed by atoms with E-state index in [-0.39, 0.29) is 11.7 Å². The molecule has 0 bridgehead atoms. The first-order valence-corrected chi connectivity index (χ1v) is 11.3. The molecule has 0 spiro atoms. The summed E-state index contributed by atoms with van der Waals surface area (Å²) in [6, 6.07) is 11.5. The summed E-state index contributed by atoms with van der Waals surface area (Å²) in [5.74, 6) is 0.190. The summed E-state index contributed by atoms with van der Waals surface area (Å²) in [6.07, 6.45) is 4.95. The molecule has 2 aliphatic rings. The zero-order valence-electron chi connectivity index (χ0n) is 16.9. The molecule has 29 heavy (non-hydrogen) atoms. The average Bonchev–Trinajstić information content (AvgIpc) is 3.55. The van der Waals surface area contributed by atoms with E-state index in [9.17, 15) is 9.18 Å². The molecule has 1 saturated carbocycles. The van der Waals surface area contributed by atoms with Crippen molar-refractivity contribution in [2.24, 2.45) is 5.92 Å². The van der Waals surface area contributed by atoms with Crippen LogP contribution in [0.15, 0.2) is 40.9 Å². The topological polar surface area (TPSA) is 32.3 Å². The summed E-state index contributed by atoms with van der Waals surface area (Å²) in [5, 5.41) is 3.37. The van der Waals surface area contributed by atoms with Gasteiger partial charge in [-0.3, -0.25) is 4.79 Å². The smallest absolute Gasteiger partial charge is 0.227 e. The second-order valence-corrected chi connectivity index (χ2v) is 9.26. The molecule has 2 aromatic rings. The summed E-state index contributed by atoms with van der Waals surface area (Å²) >= 11 is 3.69. The third kappa shape index (κ3) is 5.07. The molecule has 3 nitrogen and oxygen atoms in total. The summed E-state index contributed by atoms with van der Waals surface area (Å²) in [5.41, 5.74) is 4.43. The van der Waals surface area contributed by atoms with Crippen molar-refractivity contribution in [2.75, 3.05) is 13.1 Å². The number of carbonyl (C=O) groups excluding carboxylic acids is 1. The Kier molecular flexibility index (Phi) is 6.35. The zero-order valence-corrected chi connectivity index (χ0v) is 18.5. The van der Waals surface area contributed by atoms with Crippen molar-refractivity contribution in [3.05, 3.63) is 68.9 Å². The number of nitrogens with one attached hydrogen (secondary N) is 1. The molecule has 1 saturated heterocycles. The van der Waals surface area contributed by atoms with E-state index in [1.165, 1.54) is 17.2 Å². The van der Waals surface area contributed by atoms with Crippen LogP contribution in [0.4, 0.5) is 4.39 Å². The van der Waals surface area contributed by atoms with E-state index >= 15 is 0 Å². The summed E-state index contributed by atoms with van der Waals surface area (Å²) in [7, 11) is 0. The van der Waals surface area contributed by atoms with Crippen molar-refractivity contribution in [1.29, 1.82) is 0 Å². The monoisotopic (exact) mass is 458 g/mol. The minimum atomic E-state index is -0.207. The van der Waals surface area contributed by atoms with Crippen LogP contribution in [0.1, 0.15) is 47.9 Å². The second kappa shape index (κ2) is 8.97. The Morgan fingerprint density at radius 2 is 2.03 bits per heavy atom. The molecule has 2 aromatic carbocycles. The molecule has 1 heterocycles. The predicted octanol–water partition coefficient (Wildman–Crippen LogP) is 4.98. The number of piperidine rings is 1. The standard InChI is InChI=1S/C24H28BrFN2O/c1-16-20(10-17-4-2-6-21(26)12-17)11-18(13-23(16)25)15-28(22-7-8-22)24(29)19-5-3-9-27-14-19/h2,4,6,11-13,19,22,27H,3,5,7-10,14-15H2,1H3/t19-/m1/s1. The number of halogens is 2. The van der Waals surface area contributed by atoms with Gasteiger partial charge >= 0.3 is 0 Å². The largest absolute Gasteiger partial charge is 0.335 e. The fourth-order valence-corrected chi connectivity index (χ4v) is 4.76. The van der Waals surface area contributed by atoms with Gasteiger partial charge in [-0.2, -0.15) is 0 Å². The highest BCUT2D eigenvalue weighted by atomic mass is 79.9. The Morgan fingerprint density at radius 1 is 1.21 bits per heavy atom. The van der Waals surface area contributed by atoms with E-state index in [0.717, 1.165) is 54.4 Å². The molecule has 1 atom stereocenters. The van der Waals surface area contributed by atoms with E-state index in [1.807, 2.05) is 6.07 Å². The van der Waals surface area contributed by atoms with Gasteiger partial charge < -0.3 is 10.2 Å². The molecular weight excluding hydrogens is 431 g/mol. The lowest BCUT2D eigenvalue weighted by Gasteiger charge is -2.30. The molecule has 5 heteroatoms. The SMILES string of the molecule is Cc1c(Br)cc(CN(C(=O)[C@@H]2CCCNC2)C2CC2)cc1Cc1cccc(F)c1. The summed E-state index contributed by atoms with van der Waals surface area (Å²) < 4.78 is 14.6. The van der Waals surface area contributed by atoms with Crippen LogP contribution in [0, 0.1) is 18.7 Å². The first-order chi connectivity index (χ1) is 14.0. The molecule has 1 aliphatic carbocycles. The van der Waals surface area contributed by atoms with Crippen LogP contribution in [0.3, 0.4) is 0 Å². The maximum absolute atomic E-state index is 13.6. The normalized spacial score (nSPS) is 19.2. The van der Waals surface area contributed by atoms with Crippen LogP contribution in [-0.2, 0) is 17.8 Å². The van der Waals surface area contributed by atoms with Crippen LogP contribution in [0.5, 0.6) is 0 Å². The Balaban J connectivity index is 1.55. The minimum absolute atomic E-state index is 0.102. The molecular formula is C24H28BrFN2O. The van der Waals surface area contributed by atoms with Crippen LogP contribution < -0.4 is 5.32 Å². The van der Waals surface area contributed by atoms with Gasteiger partial charge in [-0.15, -0.1) is 0 Å². The number of benzene rings is 2. The molecule has 4 rings (SSSR count). The van der Waals surface area contributed by atoms with Gasteiger partial charge in [0.05, 0.1) is 5.92 Å². The van der Waals surface area contributed by atoms with Gasteiger partial charge in [-0.1, -0.05) is 34.1 Å². The minimum Gasteiger partial charge on any atom is -0.335 e. The van der Waals surface area contributed by atoms with Crippen molar-refractivity contribution in [3.8, 4) is 0 Å². The first kappa shape index (κ1) is 20.5. The molecule has 154 valence electrons. The molecule has 0 radical (unpaired) electrons. The van der Waals surface area contributed by atoms with Crippen molar-refractivity contribution < 1.29 is 9.18 Å². The van der Waals surface area contributed by atoms with E-state index < -0.39 is 0 Å². The van der Waals surface area contributed by atoms with E-state index in [1.54, 1.807) is 12.1 Å². The van der Waals surface area contributed by atoms with E-state index in [0.29, 0.717) is 24.9 Å². The average molecular weight is 459 g/mol. The Hall–Kier alpha value is -1.72. The van der Waals surface area contributed by atoms with Crippen molar-refractivity contribution in [1.82, 2.24) is 10.2 Å². The fourth-order valence-electron chi connectivity index (χ4n) is 4.21. The van der Waals surface area contributed by atoms with Crippen LogP contribution >= 0.6 is 15.9 Å². The van der Waals surface area contributed by atoms with Crippen molar-refractivity contribution in [3.63, 3.8) is 0 Å². The third-order valence-electron chi connectivity index (χ3n) is 6.07. The number of carbonyl (C=O) groups is 1. The molecule has 2 fully saturated rings. The number of hydrogen-bond donors (Lipinski definition) is 1. The number of hydrogen-bond acceptors (Lipinski definition) is 2. The van der Waals surface area contributed by atoms with Gasteiger partial charge in [0.1, 0.15) is 5.82 Å². The quantitative estimate of drug-likeness (QED) is 0.661. The maximum atomic E-state index is 13.6. The van der Waals surface area contributed by atoms with Gasteiger partial charge in [0.25, 0.3) is 0 Å². The number of amides is 1. The van der Waals surface area contributed by atoms with Crippen LogP contribution in [-0.4, -0.2) is 29.9 Å². The molecule has 1 N–H and O–H groups in total. The molecule has 0 aromatic heterocycles. The second-order valence-electron chi connectivity index (χ2n) is 8.41. The van der Waals surface area contributed by atoms with E-state index in [4.69, 9.17) is 0 Å². The Morgan fingerprint density at radius 3 is 2.72 bits per heavy atom. The molecule has 0 unspecified atom stereocenters. The van der Waals surface area contributed by atoms with Gasteiger partial charge in [0, 0.05) is 23.6 Å². The summed E-state index contributed by atoms with van der Waals surface area (Å²) in [6.45, 7) is 4.54. The highest BCUT2D eigenvalue weighted by molar-refractivity contribution is 9.10. The first-order valence-electron chi connectivity index (χ1n) is 10.5. The van der Waals surface area contributed by atoms with Crippen molar-refractivity contribution >= 4 is 21.8 Å². The third-order valence-corrected chi connectivity index (χ3v) is 6.89. The van der Waals surface area contributed by atoms with Gasteiger partial charge in [-0.05, 0) is 86.0 Å². The van der Waals surface area contributed by atoms with E-state index in [2.05, 4.69) is 45.2 Å².